The van der Waals surface area contributed by atoms with E-state index in [1.54, 1.807) is 30.3 Å². The summed E-state index contributed by atoms with van der Waals surface area (Å²) in [7, 11) is 0. The molecular formula is C46H50ClN5O6. The molecule has 3 aromatic carbocycles. The second-order valence-electron chi connectivity index (χ2n) is 17.1. The van der Waals surface area contributed by atoms with Crippen molar-refractivity contribution in [1.29, 1.82) is 5.26 Å². The maximum Gasteiger partial charge on any atom is 0.262 e. The molecule has 3 aromatic rings. The third-order valence-corrected chi connectivity index (χ3v) is 12.8. The summed E-state index contributed by atoms with van der Waals surface area (Å²) in [6.07, 6.45) is 8.49. The number of hydrogen-bond acceptors (Lipinski definition) is 8. The van der Waals surface area contributed by atoms with Crippen molar-refractivity contribution >= 4 is 46.7 Å². The number of hydrogen-bond donors (Lipinski definition) is 2. The number of rotatable bonds is 13. The van der Waals surface area contributed by atoms with Gasteiger partial charge in [0.15, 0.2) is 0 Å². The number of aryl methyl sites for hydroxylation is 1. The normalized spacial score (nSPS) is 22.4. The van der Waals surface area contributed by atoms with Crippen molar-refractivity contribution in [3.05, 3.63) is 105 Å². The van der Waals surface area contributed by atoms with Crippen molar-refractivity contribution in [2.24, 2.45) is 10.8 Å². The van der Waals surface area contributed by atoms with Crippen LogP contribution in [0, 0.1) is 22.2 Å². The minimum absolute atomic E-state index is 0.0927. The number of benzene rings is 3. The third kappa shape index (κ3) is 8.05. The number of piperidine rings is 1. The maximum absolute atomic E-state index is 13.4. The second-order valence-corrected chi connectivity index (χ2v) is 17.6. The van der Waals surface area contributed by atoms with Crippen molar-refractivity contribution in [3.8, 4) is 11.8 Å². The lowest BCUT2D eigenvalue weighted by molar-refractivity contribution is -0.164. The van der Waals surface area contributed by atoms with E-state index in [-0.39, 0.29) is 41.7 Å². The van der Waals surface area contributed by atoms with E-state index in [1.165, 1.54) is 5.56 Å². The van der Waals surface area contributed by atoms with Crippen LogP contribution in [0.2, 0.25) is 5.02 Å². The zero-order valence-electron chi connectivity index (χ0n) is 33.5. The summed E-state index contributed by atoms with van der Waals surface area (Å²) in [6.45, 7) is 11.1. The quantitative estimate of drug-likeness (QED) is 0.137. The first kappa shape index (κ1) is 40.9. The number of nitrogens with zero attached hydrogens (tertiary/aromatic N) is 3. The largest absolute Gasteiger partial charge is 0.489 e. The Labute approximate surface area is 344 Å². The predicted octanol–water partition coefficient (Wildman–Crippen LogP) is 7.12. The smallest absolute Gasteiger partial charge is 0.262 e. The molecule has 12 heteroatoms. The Balaban J connectivity index is 0.816. The van der Waals surface area contributed by atoms with Gasteiger partial charge in [0.05, 0.1) is 21.7 Å². The summed E-state index contributed by atoms with van der Waals surface area (Å²) in [6, 6.07) is 19.3. The molecule has 5 amide bonds. The Bertz CT molecular complexity index is 2210. The fourth-order valence-corrected chi connectivity index (χ4v) is 9.71. The zero-order chi connectivity index (χ0) is 41.4. The van der Waals surface area contributed by atoms with Crippen molar-refractivity contribution in [1.82, 2.24) is 20.4 Å². The van der Waals surface area contributed by atoms with Gasteiger partial charge in [-0.2, -0.15) is 5.26 Å². The molecule has 0 radical (unpaired) electrons. The molecule has 2 N–H and O–H groups in total. The van der Waals surface area contributed by atoms with E-state index in [0.717, 1.165) is 74.2 Å². The minimum Gasteiger partial charge on any atom is -0.489 e. The summed E-state index contributed by atoms with van der Waals surface area (Å²) in [5, 5.41) is 15.1. The Morgan fingerprint density at radius 2 is 1.64 bits per heavy atom. The third-order valence-electron chi connectivity index (χ3n) is 12.4. The number of carbonyl (C=O) groups is 5. The Kier molecular flexibility index (Phi) is 11.6. The van der Waals surface area contributed by atoms with Crippen LogP contribution in [-0.2, 0) is 16.0 Å². The SMILES string of the molecule is CC1(C)[C@H](NC(=O)c2ccc(CCCCCCN3CC=C(c4ccc5c(c4)C(=O)N(C4CCC(=O)NC4=O)C5=O)CC3)cc2)C(C)(C)[C@H]1Oc1ccc(C#N)c(Cl)c1. The maximum atomic E-state index is 13.4. The number of nitriles is 1. The molecule has 1 unspecified atom stereocenters. The van der Waals surface area contributed by atoms with Crippen LogP contribution in [-0.4, -0.2) is 77.2 Å². The summed E-state index contributed by atoms with van der Waals surface area (Å²) < 4.78 is 6.36. The van der Waals surface area contributed by atoms with Gasteiger partial charge >= 0.3 is 0 Å². The van der Waals surface area contributed by atoms with Gasteiger partial charge in [0.25, 0.3) is 17.7 Å². The van der Waals surface area contributed by atoms with Crippen LogP contribution in [0.3, 0.4) is 0 Å². The first-order valence-electron chi connectivity index (χ1n) is 20.2. The molecule has 1 saturated heterocycles. The first-order valence-corrected chi connectivity index (χ1v) is 20.6. The van der Waals surface area contributed by atoms with Gasteiger partial charge in [0.1, 0.15) is 24.0 Å². The van der Waals surface area contributed by atoms with Crippen molar-refractivity contribution in [3.63, 3.8) is 0 Å². The fourth-order valence-electron chi connectivity index (χ4n) is 9.50. The van der Waals surface area contributed by atoms with Crippen molar-refractivity contribution in [2.75, 3.05) is 19.6 Å². The van der Waals surface area contributed by atoms with E-state index < -0.39 is 29.7 Å². The van der Waals surface area contributed by atoms with Crippen LogP contribution in [0.4, 0.5) is 0 Å². The van der Waals surface area contributed by atoms with Gasteiger partial charge in [-0.15, -0.1) is 0 Å². The Morgan fingerprint density at radius 3 is 2.31 bits per heavy atom. The van der Waals surface area contributed by atoms with Crippen molar-refractivity contribution in [2.45, 2.75) is 97.2 Å². The molecule has 1 atom stereocenters. The monoisotopic (exact) mass is 803 g/mol. The number of amides is 5. The van der Waals surface area contributed by atoms with Crippen LogP contribution in [0.15, 0.2) is 66.7 Å². The molecule has 3 aliphatic heterocycles. The van der Waals surface area contributed by atoms with E-state index in [2.05, 4.69) is 55.4 Å². The van der Waals surface area contributed by atoms with E-state index in [9.17, 15) is 29.2 Å². The Hall–Kier alpha value is -5.31. The molecule has 0 aromatic heterocycles. The van der Waals surface area contributed by atoms with E-state index in [1.807, 2.05) is 30.3 Å². The molecule has 1 saturated carbocycles. The summed E-state index contributed by atoms with van der Waals surface area (Å²) in [5.41, 5.74) is 4.23. The van der Waals surface area contributed by atoms with Gasteiger partial charge in [0.2, 0.25) is 11.8 Å². The molecule has 58 heavy (non-hydrogen) atoms. The van der Waals surface area contributed by atoms with Crippen LogP contribution < -0.4 is 15.4 Å². The number of halogens is 1. The number of imide groups is 2. The van der Waals surface area contributed by atoms with Crippen LogP contribution in [0.5, 0.6) is 5.75 Å². The standard InChI is InChI=1S/C46H50ClN5O6/c1-45(2)43(46(3,4)44(45)58-33-16-14-32(27-48)36(47)26-33)50-39(54)30-12-10-28(11-13-30)9-7-5-6-8-22-51-23-20-29(21-24-51)31-15-17-34-35(25-31)42(57)52(41(34)56)37-18-19-38(53)49-40(37)55/h10-17,20,25-26,37,43-44H,5-9,18-19,21-24H2,1-4H3,(H,50,54)(H,49,53,55)/t37?,43-,44-. The molecule has 2 fully saturated rings. The van der Waals surface area contributed by atoms with E-state index in [4.69, 9.17) is 16.3 Å². The molecule has 11 nitrogen and oxygen atoms in total. The fraction of sp³-hybridized carbons (Fsp3) is 0.435. The highest BCUT2D eigenvalue weighted by Crippen LogP contribution is 2.55. The molecule has 1 aliphatic carbocycles. The van der Waals surface area contributed by atoms with Crippen molar-refractivity contribution < 1.29 is 28.7 Å². The molecule has 0 spiro atoms. The summed E-state index contributed by atoms with van der Waals surface area (Å²) in [5.74, 6) is -1.47. The van der Waals surface area contributed by atoms with Gasteiger partial charge in [0, 0.05) is 48.0 Å². The highest BCUT2D eigenvalue weighted by molar-refractivity contribution is 6.31. The topological polar surface area (TPSA) is 149 Å². The molecule has 7 rings (SSSR count). The average molecular weight is 804 g/mol. The van der Waals surface area contributed by atoms with Gasteiger partial charge in [-0.1, -0.05) is 76.4 Å². The predicted molar refractivity (Wildman–Crippen MR) is 220 cm³/mol. The minimum atomic E-state index is -0.970. The summed E-state index contributed by atoms with van der Waals surface area (Å²) >= 11 is 6.24. The summed E-state index contributed by atoms with van der Waals surface area (Å²) in [4.78, 5) is 67.1. The highest BCUT2D eigenvalue weighted by atomic mass is 35.5. The second kappa shape index (κ2) is 16.5. The van der Waals surface area contributed by atoms with Crippen LogP contribution >= 0.6 is 11.6 Å². The van der Waals surface area contributed by atoms with Gasteiger partial charge < -0.3 is 10.1 Å². The van der Waals surface area contributed by atoms with E-state index in [0.29, 0.717) is 33.0 Å². The molecular weight excluding hydrogens is 754 g/mol. The average Bonchev–Trinajstić information content (AvgIpc) is 3.45. The number of unbranched alkanes of at least 4 members (excludes halogenated alkanes) is 3. The van der Waals surface area contributed by atoms with Gasteiger partial charge in [-0.25, -0.2) is 0 Å². The van der Waals surface area contributed by atoms with Crippen LogP contribution in [0.25, 0.3) is 5.57 Å². The Morgan fingerprint density at radius 1 is 0.914 bits per heavy atom. The lowest BCUT2D eigenvalue weighted by Gasteiger charge is -2.63. The zero-order valence-corrected chi connectivity index (χ0v) is 34.3. The molecule has 0 bridgehead atoms. The number of ether oxygens (including phenoxy) is 1. The number of carbonyl (C=O) groups excluding carboxylic acids is 5. The lowest BCUT2D eigenvalue weighted by atomic mass is 9.49. The number of nitrogens with one attached hydrogen (secondary N) is 2. The highest BCUT2D eigenvalue weighted by Gasteiger charge is 2.64. The van der Waals surface area contributed by atoms with Gasteiger partial charge in [-0.05, 0) is 91.7 Å². The van der Waals surface area contributed by atoms with E-state index >= 15 is 0 Å². The van der Waals surface area contributed by atoms with Gasteiger partial charge in [-0.3, -0.25) is 39.1 Å². The molecule has 3 heterocycles. The molecule has 4 aliphatic rings. The van der Waals surface area contributed by atoms with Crippen LogP contribution in [0.1, 0.15) is 120 Å². The lowest BCUT2D eigenvalue weighted by Crippen LogP contribution is -2.74. The number of fused-ring (bicyclic) bond motifs is 1. The molecule has 302 valence electrons. The first-order chi connectivity index (χ1) is 27.7.